The van der Waals surface area contributed by atoms with Gasteiger partial charge in [-0.15, -0.1) is 6.58 Å². The van der Waals surface area contributed by atoms with E-state index in [0.29, 0.717) is 32.5 Å². The first-order valence-electron chi connectivity index (χ1n) is 38.0. The topological polar surface area (TPSA) is 0 Å². The molecule has 508 valence electrons. The van der Waals surface area contributed by atoms with Crippen molar-refractivity contribution in [2.45, 2.75) is 458 Å². The van der Waals surface area contributed by atoms with E-state index in [1.54, 1.807) is 0 Å². The van der Waals surface area contributed by atoms with E-state index in [4.69, 9.17) is 0 Å². The van der Waals surface area contributed by atoms with Crippen molar-refractivity contribution in [3.05, 3.63) is 12.7 Å². The van der Waals surface area contributed by atoms with Crippen LogP contribution in [-0.4, -0.2) is 0 Å². The summed E-state index contributed by atoms with van der Waals surface area (Å²) >= 11 is 0. The molecule has 0 aliphatic heterocycles. The van der Waals surface area contributed by atoms with Crippen LogP contribution in [0.4, 0.5) is 0 Å². The van der Waals surface area contributed by atoms with Crippen LogP contribution in [0.15, 0.2) is 12.7 Å². The van der Waals surface area contributed by atoms with Gasteiger partial charge in [-0.05, 0) is 145 Å². The molecule has 0 aromatic carbocycles. The molecular weight excluding hydrogens is 997 g/mol. The summed E-state index contributed by atoms with van der Waals surface area (Å²) in [6, 6.07) is 0. The Kier molecular flexibility index (Phi) is 67.1. The van der Waals surface area contributed by atoms with Crippen molar-refractivity contribution in [2.75, 3.05) is 0 Å². The van der Waals surface area contributed by atoms with Gasteiger partial charge in [0.05, 0.1) is 0 Å². The van der Waals surface area contributed by atoms with Gasteiger partial charge in [0.25, 0.3) is 0 Å². The predicted molar refractivity (Wildman–Crippen MR) is 395 cm³/mol. The fraction of sp³-hybridized carbons (Fsp3) is 0.976. The molecule has 0 bridgehead atoms. The molecular formula is C83H176. The molecule has 0 aromatic rings. The van der Waals surface area contributed by atoms with Crippen molar-refractivity contribution in [1.82, 2.24) is 0 Å². The van der Waals surface area contributed by atoms with E-state index < -0.39 is 0 Å². The first-order valence-corrected chi connectivity index (χ1v) is 38.0. The molecule has 0 rings (SSSR count). The fourth-order valence-corrected chi connectivity index (χ4v) is 11.1. The Labute approximate surface area is 535 Å². The maximum Gasteiger partial charge on any atom is -0.0236 e. The highest BCUT2D eigenvalue weighted by molar-refractivity contribution is 4.80. The van der Waals surface area contributed by atoms with Gasteiger partial charge in [-0.25, -0.2) is 0 Å². The Morgan fingerprint density at radius 2 is 0.482 bits per heavy atom. The molecule has 0 radical (unpaired) electrons. The SMILES string of the molecule is C=CC(CCCCC)CCC(C)(C)C.CCCC(CCC)CCC(C)(C)C.CCCCC(CCC)CCC(C)(C)C.CCCCCC(C)CCC(C)(C)C.CCCCCC(CC)CCC(C)(C)C.CCCCCC(CCC)CCC(C)(C)C. The molecule has 0 amide bonds. The first-order chi connectivity index (χ1) is 38.4. The standard InChI is InChI=1S/C15H32.C14H30.C14H28.C14H30.2C13H28/c1-6-8-9-11-14(10-7-2)12-13-15(3,4)5;2*1-6-8-9-10-13(7-2)11-12-14(3,4)5;1-6-8-10-13(9-7-2)11-12-14(3,4)5;1-6-7-8-9-12(2)10-11-13(3,4)5;1-6-8-12(9-7-2)10-11-13(3,4)5/h14H,6-13H2,1-5H3;13H,6-12H2,1-5H3;7,13H,2,6,8-12H2,1,3-5H3;13H,6-12H2,1-5H3;2*12H,6-11H2,1-5H3. The van der Waals surface area contributed by atoms with Crippen molar-refractivity contribution in [2.24, 2.45) is 68.0 Å². The van der Waals surface area contributed by atoms with Gasteiger partial charge in [-0.3, -0.25) is 0 Å². The molecule has 0 aromatic heterocycles. The molecule has 83 heavy (non-hydrogen) atoms. The first kappa shape index (κ1) is 93.9. The third-order valence-corrected chi connectivity index (χ3v) is 17.4. The number of hydrogen-bond acceptors (Lipinski definition) is 0. The molecule has 0 N–H and O–H groups in total. The molecule has 0 aliphatic carbocycles. The van der Waals surface area contributed by atoms with E-state index in [9.17, 15) is 0 Å². The number of rotatable bonds is 41. The average molecular weight is 1170 g/mol. The van der Waals surface area contributed by atoms with E-state index in [-0.39, 0.29) is 0 Å². The third kappa shape index (κ3) is 90.6. The Hall–Kier alpha value is -0.260. The normalized spacial score (nSPS) is 14.0. The van der Waals surface area contributed by atoms with E-state index in [0.717, 1.165) is 35.5 Å². The Balaban J connectivity index is -0.000000214. The minimum Gasteiger partial charge on any atom is -0.103 e. The summed E-state index contributed by atoms with van der Waals surface area (Å²) in [5, 5.41) is 0. The molecule has 5 atom stereocenters. The zero-order valence-corrected chi connectivity index (χ0v) is 65.0. The second kappa shape index (κ2) is 59.4. The van der Waals surface area contributed by atoms with Gasteiger partial charge in [-0.1, -0.05) is 387 Å². The number of unbranched alkanes of at least 4 members (excludes halogenated alkanes) is 9. The number of hydrogen-bond donors (Lipinski definition) is 0. The minimum absolute atomic E-state index is 0.478. The summed E-state index contributed by atoms with van der Waals surface area (Å²) in [4.78, 5) is 0. The Morgan fingerprint density at radius 3 is 0.759 bits per heavy atom. The molecule has 0 fully saturated rings. The van der Waals surface area contributed by atoms with Crippen LogP contribution < -0.4 is 0 Å². The van der Waals surface area contributed by atoms with Crippen molar-refractivity contribution in [1.29, 1.82) is 0 Å². The van der Waals surface area contributed by atoms with Gasteiger partial charge in [0.2, 0.25) is 0 Å². The Morgan fingerprint density at radius 1 is 0.241 bits per heavy atom. The quantitative estimate of drug-likeness (QED) is 0.0423. The van der Waals surface area contributed by atoms with E-state index in [1.165, 1.54) is 257 Å². The van der Waals surface area contributed by atoms with Crippen LogP contribution in [-0.2, 0) is 0 Å². The zero-order valence-electron chi connectivity index (χ0n) is 65.0. The lowest BCUT2D eigenvalue weighted by Gasteiger charge is -2.23. The predicted octanol–water partition coefficient (Wildman–Crippen LogP) is 31.9. The highest BCUT2D eigenvalue weighted by atomic mass is 14.2. The van der Waals surface area contributed by atoms with Crippen LogP contribution >= 0.6 is 0 Å². The lowest BCUT2D eigenvalue weighted by molar-refractivity contribution is 0.297. The maximum atomic E-state index is 3.94. The number of allylic oxidation sites excluding steroid dienone is 1. The summed E-state index contributed by atoms with van der Waals surface area (Å²) < 4.78 is 0. The van der Waals surface area contributed by atoms with Crippen LogP contribution in [0.3, 0.4) is 0 Å². The molecule has 0 spiro atoms. The average Bonchev–Trinajstić information content (AvgIpc) is 3.37. The highest BCUT2D eigenvalue weighted by Crippen LogP contribution is 2.32. The monoisotopic (exact) mass is 1170 g/mol. The second-order valence-electron chi connectivity index (χ2n) is 34.8. The van der Waals surface area contributed by atoms with Crippen molar-refractivity contribution in [3.8, 4) is 0 Å². The summed E-state index contributed by atoms with van der Waals surface area (Å²) in [5.74, 6) is 5.67. The third-order valence-electron chi connectivity index (χ3n) is 17.4. The molecule has 0 nitrogen and oxygen atoms in total. The molecule has 0 heterocycles. The van der Waals surface area contributed by atoms with Crippen molar-refractivity contribution >= 4 is 0 Å². The van der Waals surface area contributed by atoms with Crippen LogP contribution in [0.2, 0.25) is 0 Å². The van der Waals surface area contributed by atoms with Crippen LogP contribution in [0, 0.1) is 68.0 Å². The van der Waals surface area contributed by atoms with Gasteiger partial charge < -0.3 is 0 Å². The van der Waals surface area contributed by atoms with E-state index in [2.05, 4.69) is 213 Å². The summed E-state index contributed by atoms with van der Waals surface area (Å²) in [5.41, 5.74) is 3.11. The summed E-state index contributed by atoms with van der Waals surface area (Å²) in [6.45, 7) is 71.6. The molecule has 0 aliphatic rings. The van der Waals surface area contributed by atoms with Gasteiger partial charge in [0.15, 0.2) is 0 Å². The van der Waals surface area contributed by atoms with Gasteiger partial charge >= 0.3 is 0 Å². The van der Waals surface area contributed by atoms with E-state index in [1.807, 2.05) is 0 Å². The van der Waals surface area contributed by atoms with Gasteiger partial charge in [0.1, 0.15) is 0 Å². The lowest BCUT2D eigenvalue weighted by atomic mass is 9.83. The second-order valence-corrected chi connectivity index (χ2v) is 34.8. The van der Waals surface area contributed by atoms with E-state index >= 15 is 0 Å². The summed E-state index contributed by atoms with van der Waals surface area (Å²) in [7, 11) is 0. The molecule has 0 saturated heterocycles. The Bertz CT molecular complexity index is 1220. The molecule has 0 saturated carbocycles. The smallest absolute Gasteiger partial charge is 0.0236 e. The summed E-state index contributed by atoms with van der Waals surface area (Å²) in [6.07, 6.45) is 58.1. The van der Waals surface area contributed by atoms with Crippen molar-refractivity contribution in [3.63, 3.8) is 0 Å². The van der Waals surface area contributed by atoms with Crippen molar-refractivity contribution < 1.29 is 0 Å². The zero-order chi connectivity index (χ0) is 65.5. The van der Waals surface area contributed by atoms with Gasteiger partial charge in [0, 0.05) is 0 Å². The minimum atomic E-state index is 0.478. The van der Waals surface area contributed by atoms with Crippen LogP contribution in [0.1, 0.15) is 458 Å². The molecule has 0 heteroatoms. The molecule has 5 unspecified atom stereocenters. The van der Waals surface area contributed by atoms with Gasteiger partial charge in [-0.2, -0.15) is 0 Å². The van der Waals surface area contributed by atoms with Crippen LogP contribution in [0.5, 0.6) is 0 Å². The van der Waals surface area contributed by atoms with Crippen LogP contribution in [0.25, 0.3) is 0 Å². The highest BCUT2D eigenvalue weighted by Gasteiger charge is 2.19. The lowest BCUT2D eigenvalue weighted by Crippen LogP contribution is -2.09. The maximum absolute atomic E-state index is 3.94. The fourth-order valence-electron chi connectivity index (χ4n) is 11.1. The largest absolute Gasteiger partial charge is 0.103 e.